The van der Waals surface area contributed by atoms with Gasteiger partial charge in [0.1, 0.15) is 5.82 Å². The fraction of sp³-hybridized carbons (Fsp3) is 0.350. The van der Waals surface area contributed by atoms with E-state index in [0.29, 0.717) is 36.8 Å². The van der Waals surface area contributed by atoms with E-state index in [-0.39, 0.29) is 17.5 Å². The molecule has 1 fully saturated rings. The molecule has 1 aliphatic heterocycles. The fourth-order valence-electron chi connectivity index (χ4n) is 3.46. The highest BCUT2D eigenvalue weighted by molar-refractivity contribution is 7.12. The topological polar surface area (TPSA) is 59.2 Å². The first-order chi connectivity index (χ1) is 13.2. The van der Waals surface area contributed by atoms with Crippen molar-refractivity contribution < 1.29 is 13.7 Å². The number of likely N-dealkylation sites (tertiary alicyclic amines) is 1. The lowest BCUT2D eigenvalue weighted by atomic mass is 9.93. The molecular weight excluding hydrogens is 365 g/mol. The van der Waals surface area contributed by atoms with E-state index in [1.165, 1.54) is 17.4 Å². The van der Waals surface area contributed by atoms with Gasteiger partial charge in [-0.15, -0.1) is 11.3 Å². The third-order valence-electron chi connectivity index (χ3n) is 4.82. The van der Waals surface area contributed by atoms with E-state index in [1.54, 1.807) is 18.2 Å². The molecule has 3 heterocycles. The summed E-state index contributed by atoms with van der Waals surface area (Å²) >= 11 is 1.50. The van der Waals surface area contributed by atoms with Gasteiger partial charge in [0.25, 0.3) is 0 Å². The monoisotopic (exact) mass is 385 g/mol. The Kier molecular flexibility index (Phi) is 5.40. The molecule has 0 radical (unpaired) electrons. The summed E-state index contributed by atoms with van der Waals surface area (Å²) in [5.74, 6) is 0.942. The van der Waals surface area contributed by atoms with Gasteiger partial charge in [-0.2, -0.15) is 4.98 Å². The van der Waals surface area contributed by atoms with Crippen LogP contribution in [0, 0.1) is 11.7 Å². The molecule has 0 spiro atoms. The summed E-state index contributed by atoms with van der Waals surface area (Å²) < 4.78 is 19.1. The second kappa shape index (κ2) is 8.10. The minimum absolute atomic E-state index is 0.0122. The average molecular weight is 385 g/mol. The normalized spacial score (nSPS) is 17.9. The van der Waals surface area contributed by atoms with Gasteiger partial charge in [0.2, 0.25) is 5.89 Å². The van der Waals surface area contributed by atoms with Crippen LogP contribution in [0.15, 0.2) is 46.3 Å². The number of ketones is 1. The number of nitrogens with zero attached hydrogens (tertiary/aromatic N) is 3. The second-order valence-corrected chi connectivity index (χ2v) is 7.74. The van der Waals surface area contributed by atoms with Crippen molar-refractivity contribution in [1.29, 1.82) is 0 Å². The Morgan fingerprint density at radius 3 is 3.00 bits per heavy atom. The van der Waals surface area contributed by atoms with Crippen LogP contribution in [0.1, 0.15) is 39.8 Å². The number of carbonyl (C=O) groups excluding carboxylic acids is 1. The zero-order chi connectivity index (χ0) is 18.6. The number of benzene rings is 1. The Morgan fingerprint density at radius 1 is 1.30 bits per heavy atom. The van der Waals surface area contributed by atoms with Gasteiger partial charge in [0.05, 0.1) is 11.4 Å². The van der Waals surface area contributed by atoms with Gasteiger partial charge in [-0.25, -0.2) is 4.39 Å². The van der Waals surface area contributed by atoms with E-state index in [2.05, 4.69) is 15.0 Å². The molecule has 1 saturated heterocycles. The predicted octanol–water partition coefficient (Wildman–Crippen LogP) is 3.96. The number of hydrogen-bond donors (Lipinski definition) is 0. The van der Waals surface area contributed by atoms with Crippen molar-refractivity contribution >= 4 is 17.1 Å². The first-order valence-electron chi connectivity index (χ1n) is 9.04. The van der Waals surface area contributed by atoms with Crippen LogP contribution in [0.2, 0.25) is 0 Å². The molecule has 3 aromatic rings. The highest BCUT2D eigenvalue weighted by Crippen LogP contribution is 2.24. The van der Waals surface area contributed by atoms with Crippen molar-refractivity contribution in [3.8, 4) is 0 Å². The van der Waals surface area contributed by atoms with Crippen LogP contribution in [0.25, 0.3) is 0 Å². The van der Waals surface area contributed by atoms with Crippen LogP contribution >= 0.6 is 11.3 Å². The molecule has 2 aromatic heterocycles. The van der Waals surface area contributed by atoms with Crippen molar-refractivity contribution in [2.75, 3.05) is 13.1 Å². The van der Waals surface area contributed by atoms with Crippen LogP contribution in [-0.4, -0.2) is 33.9 Å². The standard InChI is InChI=1S/C20H20FN3O2S/c21-16-7-2-1-5-14(16)11-18-22-19(26-23-18)13-24-9-3-6-15(12-24)20(25)17-8-4-10-27-17/h1-2,4-5,7-8,10,15H,3,6,9,11-13H2/t15-/m0/s1. The van der Waals surface area contributed by atoms with Gasteiger partial charge >= 0.3 is 0 Å². The van der Waals surface area contributed by atoms with Crippen LogP contribution < -0.4 is 0 Å². The first-order valence-corrected chi connectivity index (χ1v) is 9.92. The number of carbonyl (C=O) groups is 1. The number of halogens is 1. The number of thiophene rings is 1. The molecule has 0 amide bonds. The summed E-state index contributed by atoms with van der Waals surface area (Å²) in [6, 6.07) is 10.4. The van der Waals surface area contributed by atoms with E-state index in [4.69, 9.17) is 4.52 Å². The van der Waals surface area contributed by atoms with E-state index in [9.17, 15) is 9.18 Å². The molecule has 1 aliphatic rings. The Labute approximate surface area is 160 Å². The minimum atomic E-state index is -0.269. The number of aromatic nitrogens is 2. The zero-order valence-corrected chi connectivity index (χ0v) is 15.6. The maximum absolute atomic E-state index is 13.8. The van der Waals surface area contributed by atoms with Crippen LogP contribution in [0.5, 0.6) is 0 Å². The van der Waals surface area contributed by atoms with Crippen LogP contribution in [0.4, 0.5) is 4.39 Å². The molecular formula is C20H20FN3O2S. The van der Waals surface area contributed by atoms with Gasteiger partial charge < -0.3 is 4.52 Å². The Morgan fingerprint density at radius 2 is 2.19 bits per heavy atom. The lowest BCUT2D eigenvalue weighted by molar-refractivity contribution is 0.0801. The van der Waals surface area contributed by atoms with E-state index in [1.807, 2.05) is 17.5 Å². The first kappa shape index (κ1) is 18.0. The molecule has 4 rings (SSSR count). The molecule has 5 nitrogen and oxygen atoms in total. The number of piperidine rings is 1. The molecule has 7 heteroatoms. The summed E-state index contributed by atoms with van der Waals surface area (Å²) in [6.45, 7) is 2.11. The van der Waals surface area contributed by atoms with E-state index < -0.39 is 0 Å². The molecule has 1 atom stereocenters. The molecule has 0 aliphatic carbocycles. The van der Waals surface area contributed by atoms with Gasteiger partial charge in [-0.05, 0) is 42.5 Å². The van der Waals surface area contributed by atoms with Gasteiger partial charge in [-0.1, -0.05) is 29.4 Å². The highest BCUT2D eigenvalue weighted by atomic mass is 32.1. The maximum atomic E-state index is 13.8. The largest absolute Gasteiger partial charge is 0.338 e. The quantitative estimate of drug-likeness (QED) is 0.601. The lowest BCUT2D eigenvalue weighted by Gasteiger charge is -2.30. The van der Waals surface area contributed by atoms with Gasteiger partial charge in [0.15, 0.2) is 11.6 Å². The third-order valence-corrected chi connectivity index (χ3v) is 5.70. The molecule has 140 valence electrons. The number of hydrogen-bond acceptors (Lipinski definition) is 6. The van der Waals surface area contributed by atoms with Crippen molar-refractivity contribution in [2.24, 2.45) is 5.92 Å². The highest BCUT2D eigenvalue weighted by Gasteiger charge is 2.28. The van der Waals surface area contributed by atoms with Gasteiger partial charge in [0, 0.05) is 18.9 Å². The Hall–Kier alpha value is -2.38. The van der Waals surface area contributed by atoms with E-state index >= 15 is 0 Å². The van der Waals surface area contributed by atoms with Crippen LogP contribution in [0.3, 0.4) is 0 Å². The summed E-state index contributed by atoms with van der Waals surface area (Å²) in [5.41, 5.74) is 0.546. The van der Waals surface area contributed by atoms with Crippen LogP contribution in [-0.2, 0) is 13.0 Å². The summed E-state index contributed by atoms with van der Waals surface area (Å²) in [4.78, 5) is 20.0. The summed E-state index contributed by atoms with van der Waals surface area (Å²) in [7, 11) is 0. The minimum Gasteiger partial charge on any atom is -0.338 e. The molecule has 0 N–H and O–H groups in total. The molecule has 27 heavy (non-hydrogen) atoms. The summed E-state index contributed by atoms with van der Waals surface area (Å²) in [6.07, 6.45) is 2.18. The fourth-order valence-corrected chi connectivity index (χ4v) is 4.21. The molecule has 0 saturated carbocycles. The zero-order valence-electron chi connectivity index (χ0n) is 14.8. The lowest BCUT2D eigenvalue weighted by Crippen LogP contribution is -2.38. The molecule has 0 unspecified atom stereocenters. The smallest absolute Gasteiger partial charge is 0.240 e. The maximum Gasteiger partial charge on any atom is 0.240 e. The van der Waals surface area contributed by atoms with E-state index in [0.717, 1.165) is 24.3 Å². The van der Waals surface area contributed by atoms with Gasteiger partial charge in [-0.3, -0.25) is 9.69 Å². The Balaban J connectivity index is 1.37. The number of Topliss-reactive ketones (excluding diaryl/α,β-unsaturated/α-hetero) is 1. The SMILES string of the molecule is O=C(c1cccs1)[C@H]1CCCN(Cc2nc(Cc3ccccc3F)no2)C1. The predicted molar refractivity (Wildman–Crippen MR) is 100 cm³/mol. The Bertz CT molecular complexity index is 910. The van der Waals surface area contributed by atoms with Crippen molar-refractivity contribution in [2.45, 2.75) is 25.8 Å². The molecule has 1 aromatic carbocycles. The van der Waals surface area contributed by atoms with Crippen molar-refractivity contribution in [3.63, 3.8) is 0 Å². The van der Waals surface area contributed by atoms with Crippen molar-refractivity contribution in [3.05, 3.63) is 69.8 Å². The number of rotatable bonds is 6. The second-order valence-electron chi connectivity index (χ2n) is 6.79. The average Bonchev–Trinajstić information content (AvgIpc) is 3.36. The summed E-state index contributed by atoms with van der Waals surface area (Å²) in [5, 5.41) is 5.90. The third kappa shape index (κ3) is 4.31. The van der Waals surface area contributed by atoms with Crippen molar-refractivity contribution in [1.82, 2.24) is 15.0 Å². The molecule has 0 bridgehead atoms.